The maximum atomic E-state index is 10.2. The summed E-state index contributed by atoms with van der Waals surface area (Å²) in [7, 11) is 0. The minimum atomic E-state index is -0.0852. The van der Waals surface area contributed by atoms with Crippen molar-refractivity contribution in [1.29, 1.82) is 0 Å². The van der Waals surface area contributed by atoms with Crippen LogP contribution in [0.2, 0.25) is 0 Å². The summed E-state index contributed by atoms with van der Waals surface area (Å²) in [6.07, 6.45) is -0.0852. The number of nitrogens with zero attached hydrogens (tertiary/aromatic N) is 1. The zero-order valence-electron chi connectivity index (χ0n) is 10.1. The molecule has 1 unspecified atom stereocenters. The van der Waals surface area contributed by atoms with Crippen LogP contribution in [-0.2, 0) is 9.53 Å². The first-order valence-electron chi connectivity index (χ1n) is 5.58. The molecule has 1 aromatic rings. The Bertz CT molecular complexity index is 338. The largest absolute Gasteiger partial charge is 0.463 e. The van der Waals surface area contributed by atoms with Crippen molar-refractivity contribution in [3.8, 4) is 0 Å². The lowest BCUT2D eigenvalue weighted by molar-refractivity contribution is -0.132. The van der Waals surface area contributed by atoms with Crippen molar-refractivity contribution in [2.45, 2.75) is 26.9 Å². The highest BCUT2D eigenvalue weighted by Crippen LogP contribution is 2.16. The molecule has 0 amide bonds. The maximum Gasteiger partial charge on any atom is 0.293 e. The van der Waals surface area contributed by atoms with Crippen molar-refractivity contribution in [2.75, 3.05) is 18.0 Å². The second-order valence-corrected chi connectivity index (χ2v) is 3.92. The second-order valence-electron chi connectivity index (χ2n) is 3.92. The van der Waals surface area contributed by atoms with E-state index in [-0.39, 0.29) is 6.10 Å². The quantitative estimate of drug-likeness (QED) is 0.691. The molecule has 0 aliphatic rings. The molecule has 88 valence electrons. The van der Waals surface area contributed by atoms with Crippen molar-refractivity contribution < 1.29 is 9.53 Å². The molecule has 1 rings (SSSR count). The van der Waals surface area contributed by atoms with Gasteiger partial charge < -0.3 is 9.64 Å². The molecule has 1 atom stereocenters. The zero-order chi connectivity index (χ0) is 12.0. The van der Waals surface area contributed by atoms with Gasteiger partial charge in [0.15, 0.2) is 0 Å². The molecule has 0 fully saturated rings. The second kappa shape index (κ2) is 6.16. The normalized spacial score (nSPS) is 11.9. The Balaban J connectivity index is 2.70. The van der Waals surface area contributed by atoms with Crippen LogP contribution in [0.3, 0.4) is 0 Å². The topological polar surface area (TPSA) is 29.5 Å². The molecule has 1 aromatic carbocycles. The summed E-state index contributed by atoms with van der Waals surface area (Å²) >= 11 is 0. The van der Waals surface area contributed by atoms with Crippen LogP contribution >= 0.6 is 0 Å². The predicted molar refractivity (Wildman–Crippen MR) is 65.7 cm³/mol. The average molecular weight is 221 g/mol. The Morgan fingerprint density at radius 2 is 2.25 bits per heavy atom. The molecular formula is C13H19NO2. The minimum absolute atomic E-state index is 0.0852. The summed E-state index contributed by atoms with van der Waals surface area (Å²) in [5, 5.41) is 0. The van der Waals surface area contributed by atoms with Gasteiger partial charge in [0, 0.05) is 12.2 Å². The number of hydrogen-bond acceptors (Lipinski definition) is 3. The average Bonchev–Trinajstić information content (AvgIpc) is 2.26. The first-order valence-corrected chi connectivity index (χ1v) is 5.58. The predicted octanol–water partition coefficient (Wildman–Crippen LogP) is 2.38. The molecule has 0 spiro atoms. The van der Waals surface area contributed by atoms with E-state index in [1.165, 1.54) is 11.3 Å². The van der Waals surface area contributed by atoms with Crippen LogP contribution in [0.25, 0.3) is 0 Å². The fourth-order valence-corrected chi connectivity index (χ4v) is 1.69. The summed E-state index contributed by atoms with van der Waals surface area (Å²) in [5.74, 6) is 0. The summed E-state index contributed by atoms with van der Waals surface area (Å²) in [6, 6.07) is 8.32. The van der Waals surface area contributed by atoms with Crippen LogP contribution in [-0.4, -0.2) is 25.7 Å². The van der Waals surface area contributed by atoms with Crippen LogP contribution in [0.1, 0.15) is 19.4 Å². The molecule has 0 saturated heterocycles. The molecule has 0 bridgehead atoms. The summed E-state index contributed by atoms with van der Waals surface area (Å²) in [6.45, 7) is 8.19. The lowest BCUT2D eigenvalue weighted by Crippen LogP contribution is -2.32. The van der Waals surface area contributed by atoms with Crippen molar-refractivity contribution in [1.82, 2.24) is 0 Å². The van der Waals surface area contributed by atoms with E-state index in [0.717, 1.165) is 13.1 Å². The molecule has 0 N–H and O–H groups in total. The van der Waals surface area contributed by atoms with Crippen molar-refractivity contribution in [3.05, 3.63) is 29.8 Å². The Hall–Kier alpha value is -1.51. The van der Waals surface area contributed by atoms with Gasteiger partial charge in [0.2, 0.25) is 0 Å². The van der Waals surface area contributed by atoms with Crippen molar-refractivity contribution >= 4 is 12.2 Å². The molecule has 3 nitrogen and oxygen atoms in total. The van der Waals surface area contributed by atoms with E-state index in [9.17, 15) is 4.79 Å². The van der Waals surface area contributed by atoms with Gasteiger partial charge >= 0.3 is 0 Å². The summed E-state index contributed by atoms with van der Waals surface area (Å²) in [4.78, 5) is 12.4. The highest BCUT2D eigenvalue weighted by atomic mass is 16.5. The highest BCUT2D eigenvalue weighted by molar-refractivity contribution is 5.48. The first-order chi connectivity index (χ1) is 7.67. The molecule has 0 aromatic heterocycles. The third-order valence-electron chi connectivity index (χ3n) is 2.51. The smallest absolute Gasteiger partial charge is 0.293 e. The van der Waals surface area contributed by atoms with E-state index in [1.54, 1.807) is 0 Å². The molecule has 0 aliphatic carbocycles. The number of aryl methyl sites for hydroxylation is 1. The molecule has 0 heterocycles. The van der Waals surface area contributed by atoms with Crippen LogP contribution in [0.4, 0.5) is 5.69 Å². The van der Waals surface area contributed by atoms with Crippen LogP contribution in [0, 0.1) is 6.92 Å². The minimum Gasteiger partial charge on any atom is -0.463 e. The van der Waals surface area contributed by atoms with Crippen molar-refractivity contribution in [2.24, 2.45) is 0 Å². The third kappa shape index (κ3) is 3.57. The Labute approximate surface area is 97.0 Å². The van der Waals surface area contributed by atoms with Gasteiger partial charge in [-0.05, 0) is 38.5 Å². The van der Waals surface area contributed by atoms with Crippen LogP contribution in [0.5, 0.6) is 0 Å². The number of likely N-dealkylation sites (N-methyl/N-ethyl adjacent to an activating group) is 1. The highest BCUT2D eigenvalue weighted by Gasteiger charge is 2.09. The first kappa shape index (κ1) is 12.6. The third-order valence-corrected chi connectivity index (χ3v) is 2.51. The number of anilines is 1. The Morgan fingerprint density at radius 1 is 1.50 bits per heavy atom. The van der Waals surface area contributed by atoms with E-state index in [2.05, 4.69) is 36.9 Å². The SMILES string of the molecule is CCN(CC(C)OC=O)c1cccc(C)c1. The van der Waals surface area contributed by atoms with Crippen LogP contribution < -0.4 is 4.90 Å². The van der Waals surface area contributed by atoms with Gasteiger partial charge in [-0.25, -0.2) is 0 Å². The maximum absolute atomic E-state index is 10.2. The Kier molecular flexibility index (Phi) is 4.83. The molecule has 0 saturated carbocycles. The fraction of sp³-hybridized carbons (Fsp3) is 0.462. The summed E-state index contributed by atoms with van der Waals surface area (Å²) in [5.41, 5.74) is 2.41. The van der Waals surface area contributed by atoms with Gasteiger partial charge in [0.25, 0.3) is 6.47 Å². The molecule has 16 heavy (non-hydrogen) atoms. The van der Waals surface area contributed by atoms with E-state index < -0.39 is 0 Å². The monoisotopic (exact) mass is 221 g/mol. The van der Waals surface area contributed by atoms with Gasteiger partial charge in [0.1, 0.15) is 6.10 Å². The van der Waals surface area contributed by atoms with Crippen LogP contribution in [0.15, 0.2) is 24.3 Å². The Morgan fingerprint density at radius 3 is 2.81 bits per heavy atom. The molecule has 0 aliphatic heterocycles. The number of ether oxygens (including phenoxy) is 1. The van der Waals surface area contributed by atoms with E-state index in [4.69, 9.17) is 4.74 Å². The van der Waals surface area contributed by atoms with E-state index >= 15 is 0 Å². The lowest BCUT2D eigenvalue weighted by Gasteiger charge is -2.26. The number of carbonyl (C=O) groups excluding carboxylic acids is 1. The lowest BCUT2D eigenvalue weighted by atomic mass is 10.2. The number of benzene rings is 1. The van der Waals surface area contributed by atoms with Gasteiger partial charge in [-0.3, -0.25) is 4.79 Å². The standard InChI is InChI=1S/C13H19NO2/c1-4-14(9-12(3)16-10-15)13-7-5-6-11(2)8-13/h5-8,10,12H,4,9H2,1-3H3. The zero-order valence-corrected chi connectivity index (χ0v) is 10.1. The molecule has 0 radical (unpaired) electrons. The number of rotatable bonds is 6. The van der Waals surface area contributed by atoms with E-state index in [1.807, 2.05) is 13.0 Å². The van der Waals surface area contributed by atoms with Gasteiger partial charge in [-0.15, -0.1) is 0 Å². The van der Waals surface area contributed by atoms with Gasteiger partial charge in [-0.1, -0.05) is 12.1 Å². The molecular weight excluding hydrogens is 202 g/mol. The number of carbonyl (C=O) groups is 1. The van der Waals surface area contributed by atoms with Crippen molar-refractivity contribution in [3.63, 3.8) is 0 Å². The van der Waals surface area contributed by atoms with E-state index in [0.29, 0.717) is 6.47 Å². The van der Waals surface area contributed by atoms with Gasteiger partial charge in [-0.2, -0.15) is 0 Å². The summed E-state index contributed by atoms with van der Waals surface area (Å²) < 4.78 is 4.90. The van der Waals surface area contributed by atoms with Gasteiger partial charge in [0.05, 0.1) is 6.54 Å². The molecule has 3 heteroatoms. The fourth-order valence-electron chi connectivity index (χ4n) is 1.69. The number of hydrogen-bond donors (Lipinski definition) is 0.